The number of nitrogens with two attached hydrogens (primary N) is 1. The fourth-order valence-electron chi connectivity index (χ4n) is 0.717. The van der Waals surface area contributed by atoms with Gasteiger partial charge in [-0.2, -0.15) is 0 Å². The predicted molar refractivity (Wildman–Crippen MR) is 47.9 cm³/mol. The molecule has 0 saturated carbocycles. The van der Waals surface area contributed by atoms with E-state index in [4.69, 9.17) is 21.1 Å². The van der Waals surface area contributed by atoms with Crippen molar-refractivity contribution in [1.29, 1.82) is 0 Å². The SMILES string of the molecule is NC(=O)NCN(CO)C(=O)N(CO)CO. The number of nitrogens with one attached hydrogen (secondary N) is 1. The Hall–Kier alpha value is -1.58. The third-order valence-corrected chi connectivity index (χ3v) is 1.50. The van der Waals surface area contributed by atoms with Crippen molar-refractivity contribution in [3.8, 4) is 0 Å². The van der Waals surface area contributed by atoms with Crippen LogP contribution in [0.5, 0.6) is 0 Å². The van der Waals surface area contributed by atoms with Gasteiger partial charge in [-0.1, -0.05) is 0 Å². The smallest absolute Gasteiger partial charge is 0.326 e. The topological polar surface area (TPSA) is 139 Å². The molecule has 0 aliphatic carbocycles. The Morgan fingerprint density at radius 2 is 1.53 bits per heavy atom. The van der Waals surface area contributed by atoms with E-state index in [-0.39, 0.29) is 6.67 Å². The molecule has 0 spiro atoms. The number of urea groups is 2. The van der Waals surface area contributed by atoms with Crippen molar-refractivity contribution >= 4 is 12.1 Å². The maximum Gasteiger partial charge on any atom is 0.326 e. The molecule has 0 fully saturated rings. The molecule has 0 bridgehead atoms. The summed E-state index contributed by atoms with van der Waals surface area (Å²) in [6.45, 7) is -2.42. The zero-order chi connectivity index (χ0) is 11.8. The molecule has 0 saturated heterocycles. The quantitative estimate of drug-likeness (QED) is 0.319. The summed E-state index contributed by atoms with van der Waals surface area (Å²) in [5, 5.41) is 28.1. The Bertz CT molecular complexity index is 220. The lowest BCUT2D eigenvalue weighted by Crippen LogP contribution is -2.49. The molecule has 9 heteroatoms. The molecule has 15 heavy (non-hydrogen) atoms. The van der Waals surface area contributed by atoms with E-state index < -0.39 is 32.3 Å². The van der Waals surface area contributed by atoms with Gasteiger partial charge in [0.25, 0.3) is 0 Å². The van der Waals surface area contributed by atoms with E-state index in [1.807, 2.05) is 0 Å². The Morgan fingerprint density at radius 1 is 1.07 bits per heavy atom. The number of aliphatic hydroxyl groups is 3. The largest absolute Gasteiger partial charge is 0.376 e. The Kier molecular flexibility index (Phi) is 6.09. The zero-order valence-corrected chi connectivity index (χ0v) is 7.96. The molecule has 0 atom stereocenters. The summed E-state index contributed by atoms with van der Waals surface area (Å²) >= 11 is 0. The zero-order valence-electron chi connectivity index (χ0n) is 7.96. The number of primary amides is 1. The van der Waals surface area contributed by atoms with Crippen LogP contribution in [0.2, 0.25) is 0 Å². The molecule has 6 N–H and O–H groups in total. The molecule has 0 aromatic rings. The van der Waals surface area contributed by atoms with Crippen molar-refractivity contribution in [2.75, 3.05) is 26.9 Å². The van der Waals surface area contributed by atoms with Crippen LogP contribution in [0.3, 0.4) is 0 Å². The van der Waals surface area contributed by atoms with Crippen molar-refractivity contribution in [3.63, 3.8) is 0 Å². The van der Waals surface area contributed by atoms with Gasteiger partial charge in [0.1, 0.15) is 20.2 Å². The minimum atomic E-state index is -0.860. The molecular formula is C6H14N4O5. The average Bonchev–Trinajstić information content (AvgIpc) is 2.20. The molecule has 9 nitrogen and oxygen atoms in total. The first-order valence-corrected chi connectivity index (χ1v) is 3.96. The summed E-state index contributed by atoms with van der Waals surface area (Å²) < 4.78 is 0. The minimum absolute atomic E-state index is 0.318. The molecule has 88 valence electrons. The number of carbonyl (C=O) groups is 2. The molecule has 4 amide bonds. The third-order valence-electron chi connectivity index (χ3n) is 1.50. The number of nitrogens with zero attached hydrogens (tertiary/aromatic N) is 2. The van der Waals surface area contributed by atoms with Crippen LogP contribution in [-0.4, -0.2) is 64.0 Å². The Morgan fingerprint density at radius 3 is 1.87 bits per heavy atom. The summed E-state index contributed by atoms with van der Waals surface area (Å²) in [4.78, 5) is 23.1. The maximum atomic E-state index is 11.3. The number of amides is 4. The Balaban J connectivity index is 4.25. The van der Waals surface area contributed by atoms with E-state index in [0.29, 0.717) is 4.90 Å². The molecule has 0 radical (unpaired) electrons. The lowest BCUT2D eigenvalue weighted by atomic mass is 10.6. The van der Waals surface area contributed by atoms with Crippen molar-refractivity contribution in [1.82, 2.24) is 15.1 Å². The lowest BCUT2D eigenvalue weighted by molar-refractivity contribution is 0.0251. The van der Waals surface area contributed by atoms with Crippen molar-refractivity contribution in [2.24, 2.45) is 5.73 Å². The lowest BCUT2D eigenvalue weighted by Gasteiger charge is -2.26. The fourth-order valence-corrected chi connectivity index (χ4v) is 0.717. The highest BCUT2D eigenvalue weighted by molar-refractivity contribution is 5.75. The molecule has 0 heterocycles. The van der Waals surface area contributed by atoms with Crippen molar-refractivity contribution in [2.45, 2.75) is 0 Å². The first-order chi connectivity index (χ1) is 7.06. The van der Waals surface area contributed by atoms with Gasteiger partial charge in [-0.3, -0.25) is 9.80 Å². The van der Waals surface area contributed by atoms with Gasteiger partial charge in [-0.15, -0.1) is 0 Å². The van der Waals surface area contributed by atoms with Gasteiger partial charge in [0.2, 0.25) is 0 Å². The summed E-state index contributed by atoms with van der Waals surface area (Å²) in [7, 11) is 0. The normalized spacial score (nSPS) is 9.53. The summed E-state index contributed by atoms with van der Waals surface area (Å²) in [6.07, 6.45) is 0. The van der Waals surface area contributed by atoms with Gasteiger partial charge < -0.3 is 26.4 Å². The predicted octanol–water partition coefficient (Wildman–Crippen LogP) is -2.81. The van der Waals surface area contributed by atoms with Crippen LogP contribution in [0, 0.1) is 0 Å². The number of carbonyl (C=O) groups excluding carboxylic acids is 2. The second kappa shape index (κ2) is 6.81. The van der Waals surface area contributed by atoms with Crippen molar-refractivity contribution in [3.05, 3.63) is 0 Å². The van der Waals surface area contributed by atoms with Crippen LogP contribution < -0.4 is 11.1 Å². The number of aliphatic hydroxyl groups excluding tert-OH is 3. The van der Waals surface area contributed by atoms with Gasteiger partial charge in [0, 0.05) is 0 Å². The molecule has 0 aliphatic rings. The highest BCUT2D eigenvalue weighted by Crippen LogP contribution is 1.95. The van der Waals surface area contributed by atoms with E-state index in [1.165, 1.54) is 0 Å². The molecular weight excluding hydrogens is 208 g/mol. The van der Waals surface area contributed by atoms with Crippen LogP contribution in [-0.2, 0) is 0 Å². The number of hydrogen-bond acceptors (Lipinski definition) is 5. The van der Waals surface area contributed by atoms with E-state index in [9.17, 15) is 9.59 Å². The van der Waals surface area contributed by atoms with Gasteiger partial charge in [-0.05, 0) is 0 Å². The van der Waals surface area contributed by atoms with E-state index in [0.717, 1.165) is 4.90 Å². The first kappa shape index (κ1) is 13.4. The average molecular weight is 222 g/mol. The first-order valence-electron chi connectivity index (χ1n) is 3.96. The second-order valence-electron chi connectivity index (χ2n) is 2.49. The Labute approximate surface area is 85.7 Å². The molecule has 0 aromatic carbocycles. The summed E-state index contributed by atoms with van der Waals surface area (Å²) in [5.41, 5.74) is 4.75. The van der Waals surface area contributed by atoms with Crippen LogP contribution >= 0.6 is 0 Å². The van der Waals surface area contributed by atoms with Gasteiger partial charge >= 0.3 is 12.1 Å². The van der Waals surface area contributed by atoms with Crippen LogP contribution in [0.15, 0.2) is 0 Å². The van der Waals surface area contributed by atoms with Gasteiger partial charge in [-0.25, -0.2) is 9.59 Å². The highest BCUT2D eigenvalue weighted by Gasteiger charge is 2.18. The van der Waals surface area contributed by atoms with Crippen LogP contribution in [0.4, 0.5) is 9.59 Å². The van der Waals surface area contributed by atoms with Crippen LogP contribution in [0.1, 0.15) is 0 Å². The minimum Gasteiger partial charge on any atom is -0.376 e. The molecule has 0 aliphatic heterocycles. The molecule has 0 rings (SSSR count). The van der Waals surface area contributed by atoms with E-state index >= 15 is 0 Å². The highest BCUT2D eigenvalue weighted by atomic mass is 16.3. The summed E-state index contributed by atoms with van der Waals surface area (Å²) in [6, 6.07) is -1.70. The van der Waals surface area contributed by atoms with Gasteiger partial charge in [0.15, 0.2) is 0 Å². The van der Waals surface area contributed by atoms with E-state index in [2.05, 4.69) is 5.32 Å². The monoisotopic (exact) mass is 222 g/mol. The maximum absolute atomic E-state index is 11.3. The number of hydrogen-bond donors (Lipinski definition) is 5. The van der Waals surface area contributed by atoms with Crippen LogP contribution in [0.25, 0.3) is 0 Å². The second-order valence-corrected chi connectivity index (χ2v) is 2.49. The number of rotatable bonds is 5. The standard InChI is InChI=1S/C6H14N4O5/c7-5(14)8-1-9(2-11)6(15)10(3-12)4-13/h11-13H,1-4H2,(H3,7,8,14). The summed E-state index contributed by atoms with van der Waals surface area (Å²) in [5.74, 6) is 0. The fraction of sp³-hybridized carbons (Fsp3) is 0.667. The van der Waals surface area contributed by atoms with Crippen molar-refractivity contribution < 1.29 is 24.9 Å². The molecule has 0 unspecified atom stereocenters. The third kappa shape index (κ3) is 4.44. The molecule has 0 aromatic heterocycles. The van der Waals surface area contributed by atoms with Gasteiger partial charge in [0.05, 0.1) is 6.67 Å². The van der Waals surface area contributed by atoms with E-state index in [1.54, 1.807) is 0 Å².